The Kier molecular flexibility index (Phi) is 27.7. The quantitative estimate of drug-likeness (QED) is 0.0524. The van der Waals surface area contributed by atoms with E-state index in [9.17, 15) is 9.59 Å². The van der Waals surface area contributed by atoms with E-state index in [2.05, 4.69) is 13.8 Å². The fourth-order valence-corrected chi connectivity index (χ4v) is 4.38. The van der Waals surface area contributed by atoms with Gasteiger partial charge in [-0.1, -0.05) is 154 Å². The van der Waals surface area contributed by atoms with Crippen molar-refractivity contribution in [1.82, 2.24) is 0 Å². The summed E-state index contributed by atoms with van der Waals surface area (Å²) in [5, 5.41) is 0. The number of rotatable bonds is 26. The molecular weight excluding hydrogens is 432 g/mol. The first-order chi connectivity index (χ1) is 17.2. The lowest BCUT2D eigenvalue weighted by molar-refractivity contribution is -0.152. The first-order valence-corrected chi connectivity index (χ1v) is 15.3. The fourth-order valence-electron chi connectivity index (χ4n) is 4.38. The van der Waals surface area contributed by atoms with Gasteiger partial charge in [0, 0.05) is 12.2 Å². The molecule has 0 amide bonds. The molecule has 0 radical (unpaired) electrons. The van der Waals surface area contributed by atoms with E-state index >= 15 is 0 Å². The Labute approximate surface area is 218 Å². The van der Waals surface area contributed by atoms with Crippen molar-refractivity contribution in [3.63, 3.8) is 0 Å². The summed E-state index contributed by atoms with van der Waals surface area (Å²) in [4.78, 5) is 23.4. The van der Waals surface area contributed by atoms with Crippen LogP contribution in [0.15, 0.2) is 24.3 Å². The molecule has 3 nitrogen and oxygen atoms in total. The van der Waals surface area contributed by atoms with Crippen molar-refractivity contribution in [2.75, 3.05) is 0 Å². The highest BCUT2D eigenvalue weighted by molar-refractivity contribution is 5.96. The molecule has 204 valence electrons. The van der Waals surface area contributed by atoms with Gasteiger partial charge < -0.3 is 4.74 Å². The lowest BCUT2D eigenvalue weighted by Crippen LogP contribution is -2.06. The highest BCUT2D eigenvalue weighted by Crippen LogP contribution is 2.13. The van der Waals surface area contributed by atoms with Crippen molar-refractivity contribution in [2.24, 2.45) is 0 Å². The molecule has 0 spiro atoms. The highest BCUT2D eigenvalue weighted by atomic mass is 16.6. The molecule has 35 heavy (non-hydrogen) atoms. The number of hydrogen-bond acceptors (Lipinski definition) is 3. The van der Waals surface area contributed by atoms with Crippen LogP contribution in [0, 0.1) is 0 Å². The number of esters is 2. The van der Waals surface area contributed by atoms with Crippen molar-refractivity contribution >= 4 is 11.9 Å². The van der Waals surface area contributed by atoms with Gasteiger partial charge in [-0.3, -0.25) is 0 Å². The molecule has 0 fully saturated rings. The molecule has 0 N–H and O–H groups in total. The van der Waals surface area contributed by atoms with Crippen LogP contribution in [0.4, 0.5) is 0 Å². The average Bonchev–Trinajstić information content (AvgIpc) is 2.85. The molecule has 0 heterocycles. The first kappa shape index (κ1) is 33.6. The molecule has 0 saturated heterocycles. The van der Waals surface area contributed by atoms with Crippen molar-refractivity contribution < 1.29 is 14.3 Å². The average molecular weight is 491 g/mol. The number of allylic oxidation sites excluding steroid dienone is 2. The number of carbonyl (C=O) groups is 2. The second-order valence-corrected chi connectivity index (χ2v) is 10.2. The third kappa shape index (κ3) is 28.7. The van der Waals surface area contributed by atoms with E-state index in [4.69, 9.17) is 4.74 Å². The maximum atomic E-state index is 11.7. The zero-order chi connectivity index (χ0) is 25.7. The van der Waals surface area contributed by atoms with E-state index in [1.54, 1.807) is 0 Å². The fraction of sp³-hybridized carbons (Fsp3) is 0.812. The SMILES string of the molecule is CCCCCCCCCCCCC/C=C/C(=O)OC(=O)/C=C/CCCCCCCCCCCCC. The van der Waals surface area contributed by atoms with Gasteiger partial charge in [-0.2, -0.15) is 0 Å². The Bertz CT molecular complexity index is 475. The van der Waals surface area contributed by atoms with Crippen LogP contribution in [0.1, 0.15) is 168 Å². The van der Waals surface area contributed by atoms with Gasteiger partial charge in [-0.05, 0) is 25.7 Å². The minimum atomic E-state index is -0.558. The Morgan fingerprint density at radius 2 is 0.686 bits per heavy atom. The molecule has 3 heteroatoms. The van der Waals surface area contributed by atoms with Crippen LogP contribution in [0.3, 0.4) is 0 Å². The predicted octanol–water partition coefficient (Wildman–Crippen LogP) is 10.6. The first-order valence-electron chi connectivity index (χ1n) is 15.3. The molecule has 0 aliphatic rings. The molecule has 0 aromatic carbocycles. The van der Waals surface area contributed by atoms with Gasteiger partial charge in [0.25, 0.3) is 0 Å². The topological polar surface area (TPSA) is 43.4 Å². The van der Waals surface area contributed by atoms with Crippen LogP contribution in [-0.4, -0.2) is 11.9 Å². The van der Waals surface area contributed by atoms with E-state index < -0.39 is 11.9 Å². The monoisotopic (exact) mass is 490 g/mol. The number of ether oxygens (including phenoxy) is 1. The third-order valence-corrected chi connectivity index (χ3v) is 6.66. The molecular formula is C32H58O3. The molecule has 0 aromatic heterocycles. The second-order valence-electron chi connectivity index (χ2n) is 10.2. The summed E-state index contributed by atoms with van der Waals surface area (Å²) in [6.45, 7) is 4.52. The summed E-state index contributed by atoms with van der Waals surface area (Å²) in [7, 11) is 0. The van der Waals surface area contributed by atoms with E-state index in [1.165, 1.54) is 141 Å². The highest BCUT2D eigenvalue weighted by Gasteiger charge is 2.03. The molecule has 0 aliphatic carbocycles. The van der Waals surface area contributed by atoms with Crippen molar-refractivity contribution in [2.45, 2.75) is 168 Å². The number of hydrogen-bond donors (Lipinski definition) is 0. The summed E-state index contributed by atoms with van der Waals surface area (Å²) < 4.78 is 4.81. The third-order valence-electron chi connectivity index (χ3n) is 6.66. The lowest BCUT2D eigenvalue weighted by Gasteiger charge is -2.02. The molecule has 0 atom stereocenters. The maximum Gasteiger partial charge on any atom is 0.338 e. The van der Waals surface area contributed by atoms with Gasteiger partial charge in [-0.15, -0.1) is 0 Å². The van der Waals surface area contributed by atoms with Crippen molar-refractivity contribution in [1.29, 1.82) is 0 Å². The van der Waals surface area contributed by atoms with E-state index in [0.29, 0.717) is 0 Å². The standard InChI is InChI=1S/C32H58O3/c1-3-5-7-9-11-13-15-17-19-21-23-25-27-29-31(33)35-32(34)30-28-26-24-22-20-18-16-14-12-10-8-6-4-2/h27-30H,3-26H2,1-2H3/b29-27+,30-28+. The van der Waals surface area contributed by atoms with Gasteiger partial charge in [0.1, 0.15) is 0 Å². The van der Waals surface area contributed by atoms with Crippen LogP contribution in [0.5, 0.6) is 0 Å². The minimum Gasteiger partial charge on any atom is -0.387 e. The van der Waals surface area contributed by atoms with Crippen LogP contribution in [0.2, 0.25) is 0 Å². The molecule has 0 aromatic rings. The van der Waals surface area contributed by atoms with E-state index in [1.807, 2.05) is 12.2 Å². The van der Waals surface area contributed by atoms with Crippen molar-refractivity contribution in [3.05, 3.63) is 24.3 Å². The smallest absolute Gasteiger partial charge is 0.338 e. The summed E-state index contributed by atoms with van der Waals surface area (Å²) in [6.07, 6.45) is 37.2. The van der Waals surface area contributed by atoms with Gasteiger partial charge in [0.15, 0.2) is 0 Å². The van der Waals surface area contributed by atoms with Gasteiger partial charge in [0.05, 0.1) is 0 Å². The summed E-state index contributed by atoms with van der Waals surface area (Å²) in [6, 6.07) is 0. The maximum absolute atomic E-state index is 11.7. The Balaban J connectivity index is 3.46. The summed E-state index contributed by atoms with van der Waals surface area (Å²) >= 11 is 0. The number of carbonyl (C=O) groups excluding carboxylic acids is 2. The molecule has 0 unspecified atom stereocenters. The lowest BCUT2D eigenvalue weighted by atomic mass is 10.1. The largest absolute Gasteiger partial charge is 0.387 e. The molecule has 0 bridgehead atoms. The minimum absolute atomic E-state index is 0.558. The van der Waals surface area contributed by atoms with Crippen molar-refractivity contribution in [3.8, 4) is 0 Å². The van der Waals surface area contributed by atoms with E-state index in [0.717, 1.165) is 25.7 Å². The van der Waals surface area contributed by atoms with Gasteiger partial charge in [-0.25, -0.2) is 9.59 Å². The second kappa shape index (κ2) is 28.9. The zero-order valence-electron chi connectivity index (χ0n) is 23.5. The molecule has 0 aliphatic heterocycles. The number of unbranched alkanes of at least 4 members (excludes halogenated alkanes) is 22. The van der Waals surface area contributed by atoms with Crippen LogP contribution < -0.4 is 0 Å². The van der Waals surface area contributed by atoms with Crippen LogP contribution >= 0.6 is 0 Å². The summed E-state index contributed by atoms with van der Waals surface area (Å²) in [5.41, 5.74) is 0. The predicted molar refractivity (Wildman–Crippen MR) is 152 cm³/mol. The van der Waals surface area contributed by atoms with Gasteiger partial charge >= 0.3 is 11.9 Å². The Morgan fingerprint density at radius 3 is 0.971 bits per heavy atom. The van der Waals surface area contributed by atoms with E-state index in [-0.39, 0.29) is 0 Å². The molecule has 0 saturated carbocycles. The normalized spacial score (nSPS) is 11.6. The summed E-state index contributed by atoms with van der Waals surface area (Å²) in [5.74, 6) is -1.12. The van der Waals surface area contributed by atoms with Crippen LogP contribution in [-0.2, 0) is 14.3 Å². The zero-order valence-corrected chi connectivity index (χ0v) is 23.5. The van der Waals surface area contributed by atoms with Gasteiger partial charge in [0.2, 0.25) is 0 Å². The molecule has 0 rings (SSSR count). The Hall–Kier alpha value is -1.38. The van der Waals surface area contributed by atoms with Crippen LogP contribution in [0.25, 0.3) is 0 Å². The Morgan fingerprint density at radius 1 is 0.429 bits per heavy atom.